The second kappa shape index (κ2) is 5.62. The predicted molar refractivity (Wildman–Crippen MR) is 79.8 cm³/mol. The number of alkyl halides is 1. The molecule has 0 N–H and O–H groups in total. The first-order valence-corrected chi connectivity index (χ1v) is 7.44. The Morgan fingerprint density at radius 3 is 2.80 bits per heavy atom. The zero-order valence-electron chi connectivity index (χ0n) is 11.8. The minimum absolute atomic E-state index is 0.368. The molecule has 1 fully saturated rings. The monoisotopic (exact) mass is 294 g/mol. The topological polar surface area (TPSA) is 36.3 Å². The highest BCUT2D eigenvalue weighted by Gasteiger charge is 2.32. The normalized spacial score (nSPS) is 21.9. The van der Waals surface area contributed by atoms with Crippen molar-refractivity contribution in [3.8, 4) is 5.75 Å². The van der Waals surface area contributed by atoms with E-state index in [-0.39, 0.29) is 0 Å². The van der Waals surface area contributed by atoms with Gasteiger partial charge < -0.3 is 14.0 Å². The molecule has 1 heterocycles. The summed E-state index contributed by atoms with van der Waals surface area (Å²) in [5.74, 6) is 2.50. The lowest BCUT2D eigenvalue weighted by atomic mass is 9.88. The van der Waals surface area contributed by atoms with Gasteiger partial charge in [0.25, 0.3) is 0 Å². The van der Waals surface area contributed by atoms with E-state index in [1.54, 1.807) is 14.2 Å². The lowest BCUT2D eigenvalue weighted by Gasteiger charge is -2.36. The van der Waals surface area contributed by atoms with Gasteiger partial charge in [0.05, 0.1) is 24.2 Å². The van der Waals surface area contributed by atoms with Crippen LogP contribution in [-0.2, 0) is 11.2 Å². The highest BCUT2D eigenvalue weighted by molar-refractivity contribution is 6.17. The molecule has 1 aromatic heterocycles. The zero-order chi connectivity index (χ0) is 14.1. The number of aromatic nitrogens is 2. The summed E-state index contributed by atoms with van der Waals surface area (Å²) in [4.78, 5) is 4.71. The van der Waals surface area contributed by atoms with E-state index in [2.05, 4.69) is 10.6 Å². The summed E-state index contributed by atoms with van der Waals surface area (Å²) in [6, 6.07) is 6.47. The Morgan fingerprint density at radius 2 is 2.15 bits per heavy atom. The molecule has 0 bridgehead atoms. The van der Waals surface area contributed by atoms with Gasteiger partial charge in [0.1, 0.15) is 11.6 Å². The second-order valence-corrected chi connectivity index (χ2v) is 5.55. The molecule has 0 saturated heterocycles. The lowest BCUT2D eigenvalue weighted by Crippen LogP contribution is -2.33. The van der Waals surface area contributed by atoms with Gasteiger partial charge in [-0.1, -0.05) is 0 Å². The third-order valence-corrected chi connectivity index (χ3v) is 4.25. The van der Waals surface area contributed by atoms with Crippen molar-refractivity contribution in [1.29, 1.82) is 0 Å². The standard InChI is InChI=1S/C15H19ClN2O2/c1-19-11-3-4-13-14(9-11)18(15(17-13)5-6-16)10-7-12(8-10)20-2/h3-4,9-10,12H,5-8H2,1-2H3. The maximum atomic E-state index is 5.91. The maximum Gasteiger partial charge on any atom is 0.121 e. The van der Waals surface area contributed by atoms with Crippen LogP contribution < -0.4 is 4.74 Å². The molecular formula is C15H19ClN2O2. The smallest absolute Gasteiger partial charge is 0.121 e. The van der Waals surface area contributed by atoms with Crippen LogP contribution in [0.3, 0.4) is 0 Å². The maximum absolute atomic E-state index is 5.91. The number of rotatable bonds is 5. The fraction of sp³-hybridized carbons (Fsp3) is 0.533. The summed E-state index contributed by atoms with van der Waals surface area (Å²) in [6.45, 7) is 0. The second-order valence-electron chi connectivity index (χ2n) is 5.17. The number of imidazole rings is 1. The van der Waals surface area contributed by atoms with Crippen LogP contribution in [-0.4, -0.2) is 35.8 Å². The van der Waals surface area contributed by atoms with Crippen molar-refractivity contribution in [1.82, 2.24) is 9.55 Å². The lowest BCUT2D eigenvalue weighted by molar-refractivity contribution is 0.00663. The van der Waals surface area contributed by atoms with Crippen molar-refractivity contribution in [2.45, 2.75) is 31.4 Å². The predicted octanol–water partition coefficient (Wildman–Crippen LogP) is 3.18. The van der Waals surface area contributed by atoms with E-state index in [0.29, 0.717) is 18.0 Å². The van der Waals surface area contributed by atoms with E-state index in [4.69, 9.17) is 26.1 Å². The van der Waals surface area contributed by atoms with Crippen LogP contribution in [0.25, 0.3) is 11.0 Å². The van der Waals surface area contributed by atoms with E-state index >= 15 is 0 Å². The summed E-state index contributed by atoms with van der Waals surface area (Å²) in [6.07, 6.45) is 3.22. The largest absolute Gasteiger partial charge is 0.497 e. The Hall–Kier alpha value is -1.26. The van der Waals surface area contributed by atoms with Crippen LogP contribution in [0.1, 0.15) is 24.7 Å². The quantitative estimate of drug-likeness (QED) is 0.795. The zero-order valence-corrected chi connectivity index (χ0v) is 12.6. The SMILES string of the molecule is COc1ccc2nc(CCCl)n(C3CC(OC)C3)c2c1. The van der Waals surface area contributed by atoms with Crippen molar-refractivity contribution in [3.05, 3.63) is 24.0 Å². The molecule has 0 aliphatic heterocycles. The third-order valence-electron chi connectivity index (χ3n) is 4.06. The number of ether oxygens (including phenoxy) is 2. The molecule has 1 aromatic carbocycles. The Morgan fingerprint density at radius 1 is 1.35 bits per heavy atom. The molecule has 0 radical (unpaired) electrons. The van der Waals surface area contributed by atoms with E-state index in [1.165, 1.54) is 0 Å². The highest BCUT2D eigenvalue weighted by Crippen LogP contribution is 2.38. The summed E-state index contributed by atoms with van der Waals surface area (Å²) in [5, 5.41) is 0. The van der Waals surface area contributed by atoms with Crippen LogP contribution in [0.4, 0.5) is 0 Å². The summed E-state index contributed by atoms with van der Waals surface area (Å²) < 4.78 is 13.0. The molecule has 0 spiro atoms. The molecule has 1 aliphatic rings. The van der Waals surface area contributed by atoms with Crippen molar-refractivity contribution >= 4 is 22.6 Å². The van der Waals surface area contributed by atoms with E-state index in [1.807, 2.05) is 12.1 Å². The first-order chi connectivity index (χ1) is 9.76. The number of fused-ring (bicyclic) bond motifs is 1. The van der Waals surface area contributed by atoms with Gasteiger partial charge in [-0.05, 0) is 25.0 Å². The fourth-order valence-corrected chi connectivity index (χ4v) is 3.03. The number of nitrogens with zero attached hydrogens (tertiary/aromatic N) is 2. The molecule has 3 rings (SSSR count). The molecule has 108 valence electrons. The molecule has 0 atom stereocenters. The van der Waals surface area contributed by atoms with Crippen molar-refractivity contribution in [3.63, 3.8) is 0 Å². The highest BCUT2D eigenvalue weighted by atomic mass is 35.5. The van der Waals surface area contributed by atoms with Gasteiger partial charge in [0.15, 0.2) is 0 Å². The summed E-state index contributed by atoms with van der Waals surface area (Å²) >= 11 is 5.91. The van der Waals surface area contributed by atoms with Gasteiger partial charge in [0.2, 0.25) is 0 Å². The Kier molecular flexibility index (Phi) is 3.85. The number of aryl methyl sites for hydroxylation is 1. The minimum Gasteiger partial charge on any atom is -0.497 e. The van der Waals surface area contributed by atoms with Crippen LogP contribution in [0.5, 0.6) is 5.75 Å². The van der Waals surface area contributed by atoms with Crippen LogP contribution >= 0.6 is 11.6 Å². The average molecular weight is 295 g/mol. The number of methoxy groups -OCH3 is 2. The molecule has 1 saturated carbocycles. The molecule has 4 nitrogen and oxygen atoms in total. The molecular weight excluding hydrogens is 276 g/mol. The fourth-order valence-electron chi connectivity index (χ4n) is 2.86. The first kappa shape index (κ1) is 13.7. The molecule has 2 aromatic rings. The summed E-state index contributed by atoms with van der Waals surface area (Å²) in [5.41, 5.74) is 2.14. The van der Waals surface area contributed by atoms with Gasteiger partial charge in [-0.25, -0.2) is 4.98 Å². The van der Waals surface area contributed by atoms with E-state index < -0.39 is 0 Å². The van der Waals surface area contributed by atoms with Crippen LogP contribution in [0.2, 0.25) is 0 Å². The molecule has 5 heteroatoms. The summed E-state index contributed by atoms with van der Waals surface area (Å²) in [7, 11) is 3.46. The molecule has 20 heavy (non-hydrogen) atoms. The Bertz CT molecular complexity index is 605. The number of hydrogen-bond acceptors (Lipinski definition) is 3. The van der Waals surface area contributed by atoms with Gasteiger partial charge in [-0.15, -0.1) is 11.6 Å². The number of halogens is 1. The van der Waals surface area contributed by atoms with Gasteiger partial charge in [0, 0.05) is 31.5 Å². The average Bonchev–Trinajstić information content (AvgIpc) is 2.76. The van der Waals surface area contributed by atoms with Crippen molar-refractivity contribution < 1.29 is 9.47 Å². The van der Waals surface area contributed by atoms with E-state index in [0.717, 1.165) is 41.9 Å². The van der Waals surface area contributed by atoms with Gasteiger partial charge in [-0.2, -0.15) is 0 Å². The van der Waals surface area contributed by atoms with Crippen molar-refractivity contribution in [2.24, 2.45) is 0 Å². The number of hydrogen-bond donors (Lipinski definition) is 0. The minimum atomic E-state index is 0.368. The number of benzene rings is 1. The van der Waals surface area contributed by atoms with Crippen LogP contribution in [0, 0.1) is 0 Å². The Balaban J connectivity index is 2.03. The Labute approximate surface area is 123 Å². The molecule has 1 aliphatic carbocycles. The van der Waals surface area contributed by atoms with Crippen molar-refractivity contribution in [2.75, 3.05) is 20.1 Å². The molecule has 0 unspecified atom stereocenters. The third kappa shape index (κ3) is 2.27. The van der Waals surface area contributed by atoms with Crippen LogP contribution in [0.15, 0.2) is 18.2 Å². The van der Waals surface area contributed by atoms with Gasteiger partial charge in [-0.3, -0.25) is 0 Å². The first-order valence-electron chi connectivity index (χ1n) is 6.90. The van der Waals surface area contributed by atoms with E-state index in [9.17, 15) is 0 Å². The van der Waals surface area contributed by atoms with Gasteiger partial charge >= 0.3 is 0 Å². The molecule has 0 amide bonds.